The number of thiazole rings is 1. The average molecular weight is 292 g/mol. The van der Waals surface area contributed by atoms with E-state index in [0.29, 0.717) is 0 Å². The third-order valence-electron chi connectivity index (χ3n) is 3.00. The SMILES string of the molecule is CSC(C)(C)CNCc1nc(-c2ccccc2)cs1. The first-order valence-electron chi connectivity index (χ1n) is 6.36. The molecule has 2 aromatic rings. The minimum atomic E-state index is 0.277. The molecular formula is C15H20N2S2. The van der Waals surface area contributed by atoms with Gasteiger partial charge in [-0.25, -0.2) is 4.98 Å². The van der Waals surface area contributed by atoms with E-state index in [2.05, 4.69) is 47.9 Å². The van der Waals surface area contributed by atoms with Crippen LogP contribution in [0.15, 0.2) is 35.7 Å². The van der Waals surface area contributed by atoms with Gasteiger partial charge in [-0.1, -0.05) is 30.3 Å². The van der Waals surface area contributed by atoms with Crippen molar-refractivity contribution in [2.24, 2.45) is 0 Å². The van der Waals surface area contributed by atoms with Gasteiger partial charge in [-0.3, -0.25) is 0 Å². The fraction of sp³-hybridized carbons (Fsp3) is 0.400. The molecule has 2 rings (SSSR count). The van der Waals surface area contributed by atoms with Crippen LogP contribution in [0.1, 0.15) is 18.9 Å². The highest BCUT2D eigenvalue weighted by Gasteiger charge is 2.15. The summed E-state index contributed by atoms with van der Waals surface area (Å²) in [7, 11) is 0. The Morgan fingerprint density at radius 2 is 2.00 bits per heavy atom. The number of benzene rings is 1. The zero-order valence-electron chi connectivity index (χ0n) is 11.6. The average Bonchev–Trinajstić information content (AvgIpc) is 2.88. The Labute approximate surface area is 123 Å². The van der Waals surface area contributed by atoms with Gasteiger partial charge in [-0.15, -0.1) is 11.3 Å². The normalized spacial score (nSPS) is 11.7. The summed E-state index contributed by atoms with van der Waals surface area (Å²) in [6.45, 7) is 6.35. The first-order chi connectivity index (χ1) is 9.11. The van der Waals surface area contributed by atoms with Crippen LogP contribution in [0.5, 0.6) is 0 Å². The lowest BCUT2D eigenvalue weighted by Crippen LogP contribution is -2.31. The van der Waals surface area contributed by atoms with Crippen molar-refractivity contribution in [1.29, 1.82) is 0 Å². The molecule has 0 bridgehead atoms. The molecule has 0 radical (unpaired) electrons. The molecule has 0 atom stereocenters. The van der Waals surface area contributed by atoms with Gasteiger partial charge in [-0.05, 0) is 20.1 Å². The number of rotatable bonds is 6. The molecule has 1 aromatic heterocycles. The lowest BCUT2D eigenvalue weighted by atomic mass is 10.2. The van der Waals surface area contributed by atoms with Gasteiger partial charge in [0.1, 0.15) is 5.01 Å². The molecule has 0 amide bonds. The fourth-order valence-electron chi connectivity index (χ4n) is 1.68. The van der Waals surface area contributed by atoms with Crippen molar-refractivity contribution in [1.82, 2.24) is 10.3 Å². The molecule has 1 aromatic carbocycles. The molecule has 2 nitrogen and oxygen atoms in total. The Hall–Kier alpha value is -0.840. The largest absolute Gasteiger partial charge is 0.309 e. The maximum Gasteiger partial charge on any atom is 0.107 e. The van der Waals surface area contributed by atoms with Crippen LogP contribution in [0.4, 0.5) is 0 Å². The number of thioether (sulfide) groups is 1. The summed E-state index contributed by atoms with van der Waals surface area (Å²) in [6.07, 6.45) is 2.15. The molecule has 4 heteroatoms. The summed E-state index contributed by atoms with van der Waals surface area (Å²) in [5.74, 6) is 0. The van der Waals surface area contributed by atoms with E-state index in [1.165, 1.54) is 5.56 Å². The first kappa shape index (κ1) is 14.6. The molecule has 0 spiro atoms. The van der Waals surface area contributed by atoms with Gasteiger partial charge in [0.25, 0.3) is 0 Å². The Kier molecular flexibility index (Phi) is 5.02. The second-order valence-corrected chi connectivity index (χ2v) is 7.52. The quantitative estimate of drug-likeness (QED) is 0.869. The predicted octanol–water partition coefficient (Wildman–Crippen LogP) is 4.04. The molecule has 0 aliphatic rings. The highest BCUT2D eigenvalue weighted by Crippen LogP contribution is 2.22. The first-order valence-corrected chi connectivity index (χ1v) is 8.47. The van der Waals surface area contributed by atoms with E-state index in [9.17, 15) is 0 Å². The van der Waals surface area contributed by atoms with Crippen molar-refractivity contribution in [3.8, 4) is 11.3 Å². The van der Waals surface area contributed by atoms with Crippen LogP contribution in [0, 0.1) is 0 Å². The van der Waals surface area contributed by atoms with Crippen molar-refractivity contribution in [3.63, 3.8) is 0 Å². The van der Waals surface area contributed by atoms with Gasteiger partial charge in [0.2, 0.25) is 0 Å². The van der Waals surface area contributed by atoms with Crippen LogP contribution in [0.25, 0.3) is 11.3 Å². The van der Waals surface area contributed by atoms with E-state index in [4.69, 9.17) is 0 Å². The monoisotopic (exact) mass is 292 g/mol. The van der Waals surface area contributed by atoms with E-state index in [1.54, 1.807) is 11.3 Å². The minimum Gasteiger partial charge on any atom is -0.309 e. The van der Waals surface area contributed by atoms with E-state index in [1.807, 2.05) is 30.0 Å². The lowest BCUT2D eigenvalue weighted by Gasteiger charge is -2.21. The number of aromatic nitrogens is 1. The van der Waals surface area contributed by atoms with Gasteiger partial charge < -0.3 is 5.32 Å². The van der Waals surface area contributed by atoms with E-state index < -0.39 is 0 Å². The second kappa shape index (κ2) is 6.55. The maximum absolute atomic E-state index is 4.68. The topological polar surface area (TPSA) is 24.9 Å². The molecule has 1 heterocycles. The number of nitrogens with one attached hydrogen (secondary N) is 1. The van der Waals surface area contributed by atoms with Crippen LogP contribution < -0.4 is 5.32 Å². The Morgan fingerprint density at radius 3 is 2.68 bits per heavy atom. The van der Waals surface area contributed by atoms with Crippen LogP contribution in [-0.2, 0) is 6.54 Å². The summed E-state index contributed by atoms with van der Waals surface area (Å²) in [5, 5.41) is 6.76. The molecule has 0 saturated carbocycles. The predicted molar refractivity (Wildman–Crippen MR) is 86.9 cm³/mol. The summed E-state index contributed by atoms with van der Waals surface area (Å²) in [6, 6.07) is 10.3. The summed E-state index contributed by atoms with van der Waals surface area (Å²) >= 11 is 3.61. The molecule has 0 fully saturated rings. The van der Waals surface area contributed by atoms with E-state index in [-0.39, 0.29) is 4.75 Å². The number of hydrogen-bond acceptors (Lipinski definition) is 4. The number of nitrogens with zero attached hydrogens (tertiary/aromatic N) is 1. The highest BCUT2D eigenvalue weighted by molar-refractivity contribution is 7.99. The van der Waals surface area contributed by atoms with Crippen LogP contribution >= 0.6 is 23.1 Å². The van der Waals surface area contributed by atoms with E-state index >= 15 is 0 Å². The van der Waals surface area contributed by atoms with Crippen molar-refractivity contribution in [2.45, 2.75) is 25.1 Å². The Bertz CT molecular complexity index is 506. The smallest absolute Gasteiger partial charge is 0.107 e. The molecule has 0 aliphatic heterocycles. The van der Waals surface area contributed by atoms with Crippen molar-refractivity contribution >= 4 is 23.1 Å². The molecular weight excluding hydrogens is 272 g/mol. The summed E-state index contributed by atoms with van der Waals surface area (Å²) < 4.78 is 0.277. The van der Waals surface area contributed by atoms with Crippen molar-refractivity contribution in [2.75, 3.05) is 12.8 Å². The van der Waals surface area contributed by atoms with Gasteiger partial charge in [-0.2, -0.15) is 11.8 Å². The van der Waals surface area contributed by atoms with Crippen molar-refractivity contribution in [3.05, 3.63) is 40.7 Å². The minimum absolute atomic E-state index is 0.277. The maximum atomic E-state index is 4.68. The fourth-order valence-corrected chi connectivity index (χ4v) is 2.70. The zero-order chi connectivity index (χ0) is 13.7. The second-order valence-electron chi connectivity index (χ2n) is 5.06. The lowest BCUT2D eigenvalue weighted by molar-refractivity contribution is 0.590. The van der Waals surface area contributed by atoms with Crippen LogP contribution in [0.2, 0.25) is 0 Å². The van der Waals surface area contributed by atoms with Gasteiger partial charge in [0.05, 0.1) is 5.69 Å². The Balaban J connectivity index is 1.92. The Morgan fingerprint density at radius 1 is 1.26 bits per heavy atom. The zero-order valence-corrected chi connectivity index (χ0v) is 13.3. The highest BCUT2D eigenvalue weighted by atomic mass is 32.2. The molecule has 19 heavy (non-hydrogen) atoms. The molecule has 0 saturated heterocycles. The number of hydrogen-bond donors (Lipinski definition) is 1. The molecule has 0 aliphatic carbocycles. The van der Waals surface area contributed by atoms with E-state index in [0.717, 1.165) is 23.8 Å². The van der Waals surface area contributed by atoms with Crippen LogP contribution in [-0.4, -0.2) is 22.5 Å². The van der Waals surface area contributed by atoms with Crippen molar-refractivity contribution < 1.29 is 0 Å². The van der Waals surface area contributed by atoms with Gasteiger partial charge in [0, 0.05) is 28.8 Å². The third-order valence-corrected chi connectivity index (χ3v) is 5.10. The van der Waals surface area contributed by atoms with Gasteiger partial charge >= 0.3 is 0 Å². The summed E-state index contributed by atoms with van der Waals surface area (Å²) in [4.78, 5) is 4.68. The van der Waals surface area contributed by atoms with Crippen LogP contribution in [0.3, 0.4) is 0 Å². The molecule has 0 unspecified atom stereocenters. The standard InChI is InChI=1S/C15H20N2S2/c1-15(2,18-3)11-16-9-14-17-13(10-19-14)12-7-5-4-6-8-12/h4-8,10,16H,9,11H2,1-3H3. The third kappa shape index (κ3) is 4.34. The molecule has 1 N–H and O–H groups in total. The van der Waals surface area contributed by atoms with Gasteiger partial charge in [0.15, 0.2) is 0 Å². The molecule has 102 valence electrons. The summed E-state index contributed by atoms with van der Waals surface area (Å²) in [5.41, 5.74) is 2.26.